The van der Waals surface area contributed by atoms with E-state index in [1.54, 1.807) is 0 Å². The molecule has 0 atom stereocenters. The van der Waals surface area contributed by atoms with E-state index in [1.165, 1.54) is 0 Å². The van der Waals surface area contributed by atoms with Crippen LogP contribution in [0, 0.1) is 0 Å². The van der Waals surface area contributed by atoms with E-state index in [4.69, 9.17) is 13.3 Å². The second-order valence-corrected chi connectivity index (χ2v) is 7.13. The Balaban J connectivity index is 2.50. The van der Waals surface area contributed by atoms with E-state index in [0.717, 1.165) is 19.0 Å². The largest absolute Gasteiger partial charge is 0.501 e. The van der Waals surface area contributed by atoms with Gasteiger partial charge in [0.05, 0.1) is 13.6 Å². The highest BCUT2D eigenvalue weighted by Crippen LogP contribution is 2.18. The lowest BCUT2D eigenvalue weighted by atomic mass is 10.5. The first-order valence-electron chi connectivity index (χ1n) is 7.08. The molecule has 110 valence electrons. The number of rotatable bonds is 10. The summed E-state index contributed by atoms with van der Waals surface area (Å²) in [6.07, 6.45) is 7.19. The van der Waals surface area contributed by atoms with Gasteiger partial charge in [-0.05, 0) is 27.2 Å². The van der Waals surface area contributed by atoms with Crippen molar-refractivity contribution in [1.82, 2.24) is 4.57 Å². The van der Waals surface area contributed by atoms with Crippen LogP contribution in [-0.4, -0.2) is 33.2 Å². The maximum atomic E-state index is 5.83. The molecule has 0 fully saturated rings. The maximum Gasteiger partial charge on any atom is 0.501 e. The Kier molecular flexibility index (Phi) is 7.30. The lowest BCUT2D eigenvalue weighted by Gasteiger charge is -2.28. The molecule has 0 unspecified atom stereocenters. The third-order valence-electron chi connectivity index (χ3n) is 2.82. The van der Waals surface area contributed by atoms with Gasteiger partial charge in [0.1, 0.15) is 12.4 Å². The van der Waals surface area contributed by atoms with Gasteiger partial charge < -0.3 is 13.3 Å². The molecule has 0 saturated heterocycles. The van der Waals surface area contributed by atoms with Crippen molar-refractivity contribution < 1.29 is 17.8 Å². The Labute approximate surface area is 117 Å². The van der Waals surface area contributed by atoms with Gasteiger partial charge in [-0.1, -0.05) is 0 Å². The minimum Gasteiger partial charge on any atom is -0.374 e. The molecule has 0 aliphatic rings. The third-order valence-corrected chi connectivity index (χ3v) is 5.97. The van der Waals surface area contributed by atoms with E-state index in [0.29, 0.717) is 19.8 Å². The van der Waals surface area contributed by atoms with Crippen LogP contribution in [0.25, 0.3) is 0 Å². The smallest absolute Gasteiger partial charge is 0.374 e. The molecular formula is C13H27N2O3Si+. The standard InChI is InChI=1S/C13H27N2O3Si/c1-5-16-19(17-6-2,18-7-3)12-8-9-15-11-10-14(4)13-15/h10-11,13H,5-9,12H2,1-4H3/q+1. The molecule has 0 spiro atoms. The van der Waals surface area contributed by atoms with Crippen LogP contribution in [0.3, 0.4) is 0 Å². The number of aromatic nitrogens is 2. The van der Waals surface area contributed by atoms with Crippen molar-refractivity contribution in [3.05, 3.63) is 18.7 Å². The summed E-state index contributed by atoms with van der Waals surface area (Å²) >= 11 is 0. The highest BCUT2D eigenvalue weighted by atomic mass is 28.4. The number of hydrogen-bond acceptors (Lipinski definition) is 3. The lowest BCUT2D eigenvalue weighted by molar-refractivity contribution is -0.671. The summed E-state index contributed by atoms with van der Waals surface area (Å²) in [6, 6.07) is 0.865. The fourth-order valence-electron chi connectivity index (χ4n) is 2.11. The average Bonchev–Trinajstić information content (AvgIpc) is 2.76. The molecule has 1 heterocycles. The zero-order chi connectivity index (χ0) is 14.1. The molecule has 1 aromatic rings. The third kappa shape index (κ3) is 5.44. The Bertz CT molecular complexity index is 340. The highest BCUT2D eigenvalue weighted by molar-refractivity contribution is 6.60. The first kappa shape index (κ1) is 16.4. The van der Waals surface area contributed by atoms with Crippen molar-refractivity contribution in [2.24, 2.45) is 7.05 Å². The van der Waals surface area contributed by atoms with Gasteiger partial charge >= 0.3 is 8.80 Å². The summed E-state index contributed by atoms with van der Waals surface area (Å²) in [4.78, 5) is 0. The minimum atomic E-state index is -2.46. The van der Waals surface area contributed by atoms with Gasteiger partial charge in [-0.3, -0.25) is 0 Å². The quantitative estimate of drug-likeness (QED) is 0.486. The van der Waals surface area contributed by atoms with Crippen molar-refractivity contribution >= 4 is 8.80 Å². The molecule has 0 N–H and O–H groups in total. The molecule has 0 aromatic carbocycles. The van der Waals surface area contributed by atoms with Crippen molar-refractivity contribution in [3.63, 3.8) is 0 Å². The van der Waals surface area contributed by atoms with Gasteiger partial charge in [-0.2, -0.15) is 0 Å². The average molecular weight is 287 g/mol. The molecule has 0 amide bonds. The zero-order valence-corrected chi connectivity index (χ0v) is 13.6. The Morgan fingerprint density at radius 3 is 2.05 bits per heavy atom. The van der Waals surface area contributed by atoms with E-state index >= 15 is 0 Å². The Hall–Kier alpha value is -0.693. The normalized spacial score (nSPS) is 12.0. The molecule has 0 aliphatic heterocycles. The van der Waals surface area contributed by atoms with E-state index in [9.17, 15) is 0 Å². The molecule has 0 radical (unpaired) electrons. The SMILES string of the molecule is CCO[Si](CCCn1cc[n+](C)c1)(OCC)OCC. The molecule has 1 rings (SSSR count). The second-order valence-electron chi connectivity index (χ2n) is 4.40. The summed E-state index contributed by atoms with van der Waals surface area (Å²) in [5, 5.41) is 0. The van der Waals surface area contributed by atoms with Crippen molar-refractivity contribution in [3.8, 4) is 0 Å². The summed E-state index contributed by atoms with van der Waals surface area (Å²) in [6.45, 7) is 8.87. The van der Waals surface area contributed by atoms with E-state index in [1.807, 2.05) is 38.6 Å². The number of aryl methyl sites for hydroxylation is 2. The minimum absolute atomic E-state index is 0.644. The number of nitrogens with zero attached hydrogens (tertiary/aromatic N) is 2. The Morgan fingerprint density at radius 1 is 1.05 bits per heavy atom. The predicted molar refractivity (Wildman–Crippen MR) is 75.7 cm³/mol. The number of imidazole rings is 1. The van der Waals surface area contributed by atoms with Crippen LogP contribution in [0.5, 0.6) is 0 Å². The van der Waals surface area contributed by atoms with Gasteiger partial charge in [0.15, 0.2) is 0 Å². The van der Waals surface area contributed by atoms with Crippen LogP contribution >= 0.6 is 0 Å². The van der Waals surface area contributed by atoms with Crippen LogP contribution in [0.1, 0.15) is 27.2 Å². The van der Waals surface area contributed by atoms with Crippen LogP contribution in [0.15, 0.2) is 18.7 Å². The van der Waals surface area contributed by atoms with Gasteiger partial charge in [-0.25, -0.2) is 9.13 Å². The van der Waals surface area contributed by atoms with Crippen LogP contribution < -0.4 is 4.57 Å². The van der Waals surface area contributed by atoms with Crippen LogP contribution in [0.2, 0.25) is 6.04 Å². The predicted octanol–water partition coefficient (Wildman–Crippen LogP) is 1.75. The summed E-state index contributed by atoms with van der Waals surface area (Å²) in [5.74, 6) is 0. The topological polar surface area (TPSA) is 36.5 Å². The van der Waals surface area contributed by atoms with Gasteiger partial charge in [-0.15, -0.1) is 0 Å². The molecule has 5 nitrogen and oxygen atoms in total. The molecule has 1 aromatic heterocycles. The number of hydrogen-bond donors (Lipinski definition) is 0. The summed E-state index contributed by atoms with van der Waals surface area (Å²) in [5.41, 5.74) is 0. The molecule has 0 saturated carbocycles. The second kappa shape index (κ2) is 8.47. The summed E-state index contributed by atoms with van der Waals surface area (Å²) < 4.78 is 21.7. The first-order chi connectivity index (χ1) is 9.15. The lowest BCUT2D eigenvalue weighted by Crippen LogP contribution is -2.46. The zero-order valence-electron chi connectivity index (χ0n) is 12.6. The molecule has 6 heteroatoms. The Morgan fingerprint density at radius 2 is 1.63 bits per heavy atom. The molecule has 0 bridgehead atoms. The molecular weight excluding hydrogens is 260 g/mol. The van der Waals surface area contributed by atoms with E-state index in [2.05, 4.69) is 17.1 Å². The van der Waals surface area contributed by atoms with Crippen molar-refractivity contribution in [2.45, 2.75) is 39.8 Å². The van der Waals surface area contributed by atoms with Gasteiger partial charge in [0, 0.05) is 25.9 Å². The van der Waals surface area contributed by atoms with Gasteiger partial charge in [0.2, 0.25) is 6.33 Å². The summed E-state index contributed by atoms with van der Waals surface area (Å²) in [7, 11) is -0.439. The fourth-order valence-corrected chi connectivity index (χ4v) is 4.71. The maximum absolute atomic E-state index is 5.83. The van der Waals surface area contributed by atoms with Gasteiger partial charge in [0.25, 0.3) is 0 Å². The molecule has 0 aliphatic carbocycles. The highest BCUT2D eigenvalue weighted by Gasteiger charge is 2.39. The van der Waals surface area contributed by atoms with Crippen LogP contribution in [0.4, 0.5) is 0 Å². The van der Waals surface area contributed by atoms with Crippen molar-refractivity contribution in [1.29, 1.82) is 0 Å². The monoisotopic (exact) mass is 287 g/mol. The first-order valence-corrected chi connectivity index (χ1v) is 9.01. The fraction of sp³-hybridized carbons (Fsp3) is 0.769. The van der Waals surface area contributed by atoms with E-state index in [-0.39, 0.29) is 0 Å². The van der Waals surface area contributed by atoms with Crippen molar-refractivity contribution in [2.75, 3.05) is 19.8 Å². The van der Waals surface area contributed by atoms with E-state index < -0.39 is 8.80 Å². The molecule has 19 heavy (non-hydrogen) atoms. The van der Waals surface area contributed by atoms with Crippen LogP contribution in [-0.2, 0) is 26.9 Å².